The van der Waals surface area contributed by atoms with Crippen molar-refractivity contribution in [1.82, 2.24) is 5.43 Å². The zero-order chi connectivity index (χ0) is 15.2. The first-order valence-electron chi connectivity index (χ1n) is 6.17. The molecule has 2 aromatic carbocycles. The molecule has 2 aromatic rings. The number of aromatic hydroxyl groups is 1. The van der Waals surface area contributed by atoms with Crippen LogP contribution in [-0.2, 0) is 0 Å². The Morgan fingerprint density at radius 3 is 2.52 bits per heavy atom. The van der Waals surface area contributed by atoms with Gasteiger partial charge in [-0.15, -0.1) is 0 Å². The molecule has 5 nitrogen and oxygen atoms in total. The maximum Gasteiger partial charge on any atom is 0.184 e. The number of phenols is 1. The molecule has 6 heteroatoms. The number of nitrogens with one attached hydrogen (secondary N) is 1. The fourth-order valence-corrected chi connectivity index (χ4v) is 1.87. The molecular formula is C15H15N3O2S. The van der Waals surface area contributed by atoms with Gasteiger partial charge < -0.3 is 15.6 Å². The third kappa shape index (κ3) is 3.70. The Bertz CT molecular complexity index is 672. The molecule has 0 atom stereocenters. The third-order valence-electron chi connectivity index (χ3n) is 2.79. The van der Waals surface area contributed by atoms with Crippen LogP contribution in [0.15, 0.2) is 53.6 Å². The number of methoxy groups -OCH3 is 1. The summed E-state index contributed by atoms with van der Waals surface area (Å²) in [6.45, 7) is 0. The van der Waals surface area contributed by atoms with Gasteiger partial charge in [0.05, 0.1) is 7.11 Å². The Morgan fingerprint density at radius 2 is 1.95 bits per heavy atom. The predicted octanol–water partition coefficient (Wildman–Crippen LogP) is 1.99. The number of thiocarbonyl (C=S) groups is 1. The lowest BCUT2D eigenvalue weighted by Gasteiger charge is -2.10. The van der Waals surface area contributed by atoms with Crippen LogP contribution in [0.3, 0.4) is 0 Å². The second-order valence-electron chi connectivity index (χ2n) is 4.19. The van der Waals surface area contributed by atoms with Crippen molar-refractivity contribution in [2.24, 2.45) is 10.8 Å². The molecule has 0 bridgehead atoms. The largest absolute Gasteiger partial charge is 0.507 e. The van der Waals surface area contributed by atoms with Gasteiger partial charge in [-0.3, -0.25) is 5.43 Å². The van der Waals surface area contributed by atoms with Gasteiger partial charge in [0.2, 0.25) is 0 Å². The highest BCUT2D eigenvalue weighted by Gasteiger charge is 2.12. The first kappa shape index (κ1) is 14.8. The lowest BCUT2D eigenvalue weighted by Crippen LogP contribution is -2.26. The maximum atomic E-state index is 10.2. The molecular weight excluding hydrogens is 286 g/mol. The van der Waals surface area contributed by atoms with Crippen molar-refractivity contribution < 1.29 is 9.84 Å². The summed E-state index contributed by atoms with van der Waals surface area (Å²) in [5.41, 5.74) is 9.86. The summed E-state index contributed by atoms with van der Waals surface area (Å²) in [5.74, 6) is 0.618. The molecule has 0 amide bonds. The van der Waals surface area contributed by atoms with Crippen molar-refractivity contribution in [1.29, 1.82) is 0 Å². The summed E-state index contributed by atoms with van der Waals surface area (Å²) in [5, 5.41) is 14.4. The summed E-state index contributed by atoms with van der Waals surface area (Å²) in [6, 6.07) is 14.4. The van der Waals surface area contributed by atoms with Gasteiger partial charge in [0, 0.05) is 17.2 Å². The summed E-state index contributed by atoms with van der Waals surface area (Å²) < 4.78 is 5.08. The van der Waals surface area contributed by atoms with E-state index in [1.54, 1.807) is 12.1 Å². The number of nitrogens with zero attached hydrogens (tertiary/aromatic N) is 1. The van der Waals surface area contributed by atoms with Gasteiger partial charge in [0.1, 0.15) is 17.2 Å². The molecule has 2 rings (SSSR count). The van der Waals surface area contributed by atoms with Crippen LogP contribution in [0.2, 0.25) is 0 Å². The minimum atomic E-state index is 0.0523. The molecule has 0 unspecified atom stereocenters. The van der Waals surface area contributed by atoms with Gasteiger partial charge in [-0.2, -0.15) is 5.10 Å². The molecule has 0 fully saturated rings. The molecule has 21 heavy (non-hydrogen) atoms. The van der Waals surface area contributed by atoms with Crippen LogP contribution in [0.25, 0.3) is 0 Å². The molecule has 4 N–H and O–H groups in total. The zero-order valence-electron chi connectivity index (χ0n) is 11.4. The number of rotatable bonds is 4. The summed E-state index contributed by atoms with van der Waals surface area (Å²) in [7, 11) is 1.54. The standard InChI is InChI=1S/C15H15N3O2S/c1-20-11-7-8-12(13(19)9-11)14(17-18-15(16)21)10-5-3-2-4-6-10/h2-9,19H,1H3,(H3,16,18,21)/b17-14-. The number of ether oxygens (including phenoxy) is 1. The molecule has 0 saturated heterocycles. The zero-order valence-corrected chi connectivity index (χ0v) is 12.2. The fourth-order valence-electron chi connectivity index (χ4n) is 1.83. The number of hydrogen-bond acceptors (Lipinski definition) is 4. The fraction of sp³-hybridized carbons (Fsp3) is 0.0667. The normalized spacial score (nSPS) is 11.0. The first-order valence-corrected chi connectivity index (χ1v) is 6.58. The molecule has 0 aliphatic carbocycles. The number of benzene rings is 2. The Hall–Kier alpha value is -2.60. The third-order valence-corrected chi connectivity index (χ3v) is 2.88. The van der Waals surface area contributed by atoms with E-state index in [1.165, 1.54) is 13.2 Å². The average molecular weight is 301 g/mol. The number of hydrogen-bond donors (Lipinski definition) is 3. The Morgan fingerprint density at radius 1 is 1.24 bits per heavy atom. The summed E-state index contributed by atoms with van der Waals surface area (Å²) in [4.78, 5) is 0. The Labute approximate surface area is 128 Å². The van der Waals surface area contributed by atoms with Crippen molar-refractivity contribution in [3.63, 3.8) is 0 Å². The minimum Gasteiger partial charge on any atom is -0.507 e. The van der Waals surface area contributed by atoms with Crippen LogP contribution in [-0.4, -0.2) is 23.0 Å². The predicted molar refractivity (Wildman–Crippen MR) is 86.7 cm³/mol. The van der Waals surface area contributed by atoms with Gasteiger partial charge in [-0.1, -0.05) is 30.3 Å². The lowest BCUT2D eigenvalue weighted by molar-refractivity contribution is 0.407. The van der Waals surface area contributed by atoms with Crippen molar-refractivity contribution >= 4 is 23.0 Å². The van der Waals surface area contributed by atoms with Crippen LogP contribution in [0, 0.1) is 0 Å². The highest BCUT2D eigenvalue weighted by Crippen LogP contribution is 2.26. The minimum absolute atomic E-state index is 0.0523. The van der Waals surface area contributed by atoms with E-state index in [0.717, 1.165) is 5.56 Å². The topological polar surface area (TPSA) is 79.9 Å². The van der Waals surface area contributed by atoms with Crippen molar-refractivity contribution in [2.45, 2.75) is 0 Å². The lowest BCUT2D eigenvalue weighted by atomic mass is 10.0. The van der Waals surface area contributed by atoms with Crippen molar-refractivity contribution in [3.8, 4) is 11.5 Å². The SMILES string of the molecule is COc1ccc(/C(=N\NC(N)=S)c2ccccc2)c(O)c1. The van der Waals surface area contributed by atoms with Gasteiger partial charge in [-0.25, -0.2) is 0 Å². The number of hydrazone groups is 1. The van der Waals surface area contributed by atoms with Crippen LogP contribution in [0.4, 0.5) is 0 Å². The van der Waals surface area contributed by atoms with Crippen LogP contribution in [0.1, 0.15) is 11.1 Å². The summed E-state index contributed by atoms with van der Waals surface area (Å²) in [6.07, 6.45) is 0. The van der Waals surface area contributed by atoms with E-state index in [9.17, 15) is 5.11 Å². The first-order chi connectivity index (χ1) is 10.1. The second-order valence-corrected chi connectivity index (χ2v) is 4.63. The van der Waals surface area contributed by atoms with Gasteiger partial charge >= 0.3 is 0 Å². The van der Waals surface area contributed by atoms with E-state index in [0.29, 0.717) is 17.0 Å². The van der Waals surface area contributed by atoms with Crippen LogP contribution >= 0.6 is 12.2 Å². The highest BCUT2D eigenvalue weighted by molar-refractivity contribution is 7.80. The van der Waals surface area contributed by atoms with Crippen LogP contribution < -0.4 is 15.9 Å². The van der Waals surface area contributed by atoms with Gasteiger partial charge in [-0.05, 0) is 24.4 Å². The van der Waals surface area contributed by atoms with Crippen molar-refractivity contribution in [2.75, 3.05) is 7.11 Å². The summed E-state index contributed by atoms with van der Waals surface area (Å²) >= 11 is 4.76. The van der Waals surface area contributed by atoms with E-state index in [1.807, 2.05) is 30.3 Å². The number of nitrogens with two attached hydrogens (primary N) is 1. The molecule has 0 spiro atoms. The van der Waals surface area contributed by atoms with Gasteiger partial charge in [0.25, 0.3) is 0 Å². The smallest absolute Gasteiger partial charge is 0.184 e. The van der Waals surface area contributed by atoms with Crippen molar-refractivity contribution in [3.05, 3.63) is 59.7 Å². The van der Waals surface area contributed by atoms with E-state index in [2.05, 4.69) is 10.5 Å². The molecule has 108 valence electrons. The monoisotopic (exact) mass is 301 g/mol. The van der Waals surface area contributed by atoms with E-state index < -0.39 is 0 Å². The molecule has 0 aliphatic rings. The molecule has 0 heterocycles. The Kier molecular flexibility index (Phi) is 4.73. The highest BCUT2D eigenvalue weighted by atomic mass is 32.1. The van der Waals surface area contributed by atoms with Crippen LogP contribution in [0.5, 0.6) is 11.5 Å². The molecule has 0 aromatic heterocycles. The second kappa shape index (κ2) is 6.71. The van der Waals surface area contributed by atoms with E-state index in [-0.39, 0.29) is 10.9 Å². The number of phenolic OH excluding ortho intramolecular Hbond substituents is 1. The average Bonchev–Trinajstić information content (AvgIpc) is 2.49. The van der Waals surface area contributed by atoms with E-state index in [4.69, 9.17) is 22.7 Å². The quantitative estimate of drug-likeness (QED) is 0.457. The van der Waals surface area contributed by atoms with Gasteiger partial charge in [0.15, 0.2) is 5.11 Å². The Balaban J connectivity index is 2.50. The molecule has 0 aliphatic heterocycles. The molecule has 0 saturated carbocycles. The molecule has 0 radical (unpaired) electrons. The van der Waals surface area contributed by atoms with E-state index >= 15 is 0 Å². The maximum absolute atomic E-state index is 10.2.